The van der Waals surface area contributed by atoms with Crippen LogP contribution in [0.25, 0.3) is 10.2 Å². The zero-order valence-electron chi connectivity index (χ0n) is 17.8. The Labute approximate surface area is 195 Å². The van der Waals surface area contributed by atoms with E-state index in [1.807, 2.05) is 30.3 Å². The van der Waals surface area contributed by atoms with Crippen LogP contribution in [-0.4, -0.2) is 39.9 Å². The molecule has 1 amide bonds. The second-order valence-electron chi connectivity index (χ2n) is 8.28. The number of ether oxygens (including phenoxy) is 1. The SMILES string of the molecule is COc1cccc2sc(C(O)C3CCC(NCc4ccc5c(n4)NC(=O)CS5)CC3)nc12. The number of aromatic nitrogens is 2. The summed E-state index contributed by atoms with van der Waals surface area (Å²) in [7, 11) is 1.65. The van der Waals surface area contributed by atoms with Crippen LogP contribution in [0.3, 0.4) is 0 Å². The molecule has 2 aromatic heterocycles. The number of para-hydroxylation sites is 1. The van der Waals surface area contributed by atoms with Gasteiger partial charge in [-0.05, 0) is 55.9 Å². The highest BCUT2D eigenvalue weighted by Crippen LogP contribution is 2.39. The number of nitrogens with zero attached hydrogens (tertiary/aromatic N) is 2. The number of methoxy groups -OCH3 is 1. The van der Waals surface area contributed by atoms with E-state index < -0.39 is 6.10 Å². The van der Waals surface area contributed by atoms with Crippen molar-refractivity contribution in [3.05, 3.63) is 41.0 Å². The molecule has 0 bridgehead atoms. The van der Waals surface area contributed by atoms with E-state index in [1.165, 1.54) is 11.8 Å². The minimum absolute atomic E-state index is 0.00330. The van der Waals surface area contributed by atoms with E-state index in [0.717, 1.165) is 57.2 Å². The molecule has 7 nitrogen and oxygen atoms in total. The summed E-state index contributed by atoms with van der Waals surface area (Å²) in [6, 6.07) is 10.3. The predicted octanol–water partition coefficient (Wildman–Crippen LogP) is 4.13. The van der Waals surface area contributed by atoms with Crippen molar-refractivity contribution < 1.29 is 14.6 Å². The highest BCUT2D eigenvalue weighted by atomic mass is 32.2. The van der Waals surface area contributed by atoms with Gasteiger partial charge >= 0.3 is 0 Å². The van der Waals surface area contributed by atoms with Crippen LogP contribution < -0.4 is 15.4 Å². The summed E-state index contributed by atoms with van der Waals surface area (Å²) in [6.07, 6.45) is 3.38. The van der Waals surface area contributed by atoms with E-state index in [4.69, 9.17) is 4.74 Å². The molecule has 1 aliphatic carbocycles. The Morgan fingerprint density at radius 2 is 2.06 bits per heavy atom. The fraction of sp³-hybridized carbons (Fsp3) is 0.435. The Morgan fingerprint density at radius 1 is 1.22 bits per heavy atom. The van der Waals surface area contributed by atoms with Crippen LogP contribution in [-0.2, 0) is 11.3 Å². The van der Waals surface area contributed by atoms with E-state index in [0.29, 0.717) is 24.2 Å². The minimum Gasteiger partial charge on any atom is -0.494 e. The molecule has 1 aromatic carbocycles. The molecule has 1 saturated carbocycles. The fourth-order valence-electron chi connectivity index (χ4n) is 4.42. The van der Waals surface area contributed by atoms with Crippen molar-refractivity contribution in [1.29, 1.82) is 0 Å². The number of aliphatic hydroxyl groups is 1. The lowest BCUT2D eigenvalue weighted by atomic mass is 9.83. The summed E-state index contributed by atoms with van der Waals surface area (Å²) in [5, 5.41) is 18.2. The molecule has 3 aromatic rings. The van der Waals surface area contributed by atoms with Gasteiger partial charge in [0.05, 0.1) is 28.2 Å². The molecular formula is C23H26N4O3S2. The zero-order chi connectivity index (χ0) is 22.1. The second-order valence-corrected chi connectivity index (χ2v) is 10.4. The average Bonchev–Trinajstić information content (AvgIpc) is 3.27. The van der Waals surface area contributed by atoms with E-state index in [2.05, 4.69) is 20.6 Å². The third-order valence-electron chi connectivity index (χ3n) is 6.19. The van der Waals surface area contributed by atoms with Crippen LogP contribution in [0, 0.1) is 5.92 Å². The normalized spacial score (nSPS) is 21.8. The Balaban J connectivity index is 1.16. The highest BCUT2D eigenvalue weighted by molar-refractivity contribution is 8.00. The lowest BCUT2D eigenvalue weighted by molar-refractivity contribution is -0.113. The third kappa shape index (κ3) is 4.47. The summed E-state index contributed by atoms with van der Waals surface area (Å²) >= 11 is 3.08. The van der Waals surface area contributed by atoms with Crippen molar-refractivity contribution in [3.8, 4) is 5.75 Å². The van der Waals surface area contributed by atoms with Gasteiger partial charge in [-0.3, -0.25) is 4.79 Å². The number of pyridine rings is 1. The molecule has 1 atom stereocenters. The summed E-state index contributed by atoms with van der Waals surface area (Å²) in [4.78, 5) is 21.9. The largest absolute Gasteiger partial charge is 0.494 e. The van der Waals surface area contributed by atoms with Gasteiger partial charge in [-0.2, -0.15) is 0 Å². The van der Waals surface area contributed by atoms with Crippen LogP contribution >= 0.6 is 23.1 Å². The second kappa shape index (κ2) is 9.35. The lowest BCUT2D eigenvalue weighted by Crippen LogP contribution is -2.34. The molecule has 168 valence electrons. The summed E-state index contributed by atoms with van der Waals surface area (Å²) in [5.74, 6) is 2.09. The third-order valence-corrected chi connectivity index (χ3v) is 8.33. The molecule has 1 fully saturated rings. The monoisotopic (exact) mass is 470 g/mol. The maximum Gasteiger partial charge on any atom is 0.235 e. The molecule has 0 radical (unpaired) electrons. The van der Waals surface area contributed by atoms with Gasteiger partial charge in [0, 0.05) is 12.6 Å². The van der Waals surface area contributed by atoms with Gasteiger partial charge in [0.1, 0.15) is 28.2 Å². The lowest BCUT2D eigenvalue weighted by Gasteiger charge is -2.31. The zero-order valence-corrected chi connectivity index (χ0v) is 19.5. The van der Waals surface area contributed by atoms with Crippen LogP contribution in [0.4, 0.5) is 5.82 Å². The van der Waals surface area contributed by atoms with Crippen molar-refractivity contribution in [2.45, 2.75) is 49.3 Å². The van der Waals surface area contributed by atoms with Gasteiger partial charge < -0.3 is 20.5 Å². The number of nitrogens with one attached hydrogen (secondary N) is 2. The van der Waals surface area contributed by atoms with Gasteiger partial charge in [-0.1, -0.05) is 6.07 Å². The summed E-state index contributed by atoms with van der Waals surface area (Å²) < 4.78 is 6.45. The molecule has 32 heavy (non-hydrogen) atoms. The molecule has 9 heteroatoms. The van der Waals surface area contributed by atoms with Crippen LogP contribution in [0.2, 0.25) is 0 Å². The Kier molecular flexibility index (Phi) is 6.32. The first-order valence-corrected chi connectivity index (χ1v) is 12.7. The van der Waals surface area contributed by atoms with Crippen molar-refractivity contribution in [2.75, 3.05) is 18.2 Å². The van der Waals surface area contributed by atoms with Gasteiger partial charge in [0.2, 0.25) is 5.91 Å². The topological polar surface area (TPSA) is 96.4 Å². The number of benzene rings is 1. The number of hydrogen-bond donors (Lipinski definition) is 3. The maximum atomic E-state index is 11.6. The molecule has 1 aliphatic heterocycles. The Hall–Kier alpha value is -2.20. The number of rotatable bonds is 6. The quantitative estimate of drug-likeness (QED) is 0.498. The average molecular weight is 471 g/mol. The van der Waals surface area contributed by atoms with E-state index >= 15 is 0 Å². The van der Waals surface area contributed by atoms with Crippen molar-refractivity contribution in [3.63, 3.8) is 0 Å². The number of anilines is 1. The molecule has 0 spiro atoms. The predicted molar refractivity (Wildman–Crippen MR) is 127 cm³/mol. The van der Waals surface area contributed by atoms with Crippen LogP contribution in [0.1, 0.15) is 42.5 Å². The number of carbonyl (C=O) groups excluding carboxylic acids is 1. The number of thioether (sulfide) groups is 1. The van der Waals surface area contributed by atoms with Crippen molar-refractivity contribution in [1.82, 2.24) is 15.3 Å². The molecular weight excluding hydrogens is 444 g/mol. The molecule has 0 saturated heterocycles. The molecule has 2 aliphatic rings. The van der Waals surface area contributed by atoms with E-state index in [-0.39, 0.29) is 11.8 Å². The molecule has 3 N–H and O–H groups in total. The standard InChI is InChI=1S/C23H26N4O3S2/c1-30-16-3-2-4-17-20(16)27-23(32-17)21(29)13-5-7-14(8-6-13)24-11-15-9-10-18-22(25-15)26-19(28)12-31-18/h2-4,9-10,13-14,21,24,29H,5-8,11-12H2,1H3,(H,25,26,28). The summed E-state index contributed by atoms with van der Waals surface area (Å²) in [6.45, 7) is 0.670. The number of amides is 1. The smallest absolute Gasteiger partial charge is 0.235 e. The van der Waals surface area contributed by atoms with Crippen molar-refractivity contribution >= 4 is 45.0 Å². The first kappa shape index (κ1) is 21.6. The first-order chi connectivity index (χ1) is 15.6. The fourth-order valence-corrected chi connectivity index (χ4v) is 6.25. The van der Waals surface area contributed by atoms with Crippen molar-refractivity contribution in [2.24, 2.45) is 5.92 Å². The van der Waals surface area contributed by atoms with Gasteiger partial charge in [-0.15, -0.1) is 23.1 Å². The highest BCUT2D eigenvalue weighted by Gasteiger charge is 2.29. The molecule has 3 heterocycles. The molecule has 5 rings (SSSR count). The maximum absolute atomic E-state index is 11.6. The minimum atomic E-state index is -0.540. The molecule has 1 unspecified atom stereocenters. The summed E-state index contributed by atoms with van der Waals surface area (Å²) in [5.41, 5.74) is 1.76. The van der Waals surface area contributed by atoms with Gasteiger partial charge in [-0.25, -0.2) is 9.97 Å². The first-order valence-electron chi connectivity index (χ1n) is 10.9. The number of fused-ring (bicyclic) bond motifs is 2. The number of carbonyl (C=O) groups is 1. The number of aliphatic hydroxyl groups excluding tert-OH is 1. The Morgan fingerprint density at radius 3 is 2.88 bits per heavy atom. The van der Waals surface area contributed by atoms with E-state index in [9.17, 15) is 9.90 Å². The van der Waals surface area contributed by atoms with E-state index in [1.54, 1.807) is 18.4 Å². The Bertz CT molecular complexity index is 1130. The number of hydrogen-bond acceptors (Lipinski definition) is 8. The van der Waals surface area contributed by atoms with Gasteiger partial charge in [0.25, 0.3) is 0 Å². The van der Waals surface area contributed by atoms with Gasteiger partial charge in [0.15, 0.2) is 0 Å². The van der Waals surface area contributed by atoms with Crippen LogP contribution in [0.5, 0.6) is 5.75 Å². The number of thiazole rings is 1. The van der Waals surface area contributed by atoms with Crippen LogP contribution in [0.15, 0.2) is 35.2 Å².